The topological polar surface area (TPSA) is 104 Å². The Balaban J connectivity index is 1.64. The van der Waals surface area contributed by atoms with Crippen molar-refractivity contribution in [3.63, 3.8) is 0 Å². The largest absolute Gasteiger partial charge is 0.481 e. The van der Waals surface area contributed by atoms with E-state index in [1.54, 1.807) is 0 Å². The summed E-state index contributed by atoms with van der Waals surface area (Å²) in [6, 6.07) is 0. The van der Waals surface area contributed by atoms with Gasteiger partial charge in [-0.25, -0.2) is 0 Å². The van der Waals surface area contributed by atoms with Crippen LogP contribution in [0.25, 0.3) is 0 Å². The number of carboxylic acid groups (broad SMARTS) is 1. The van der Waals surface area contributed by atoms with Crippen molar-refractivity contribution >= 4 is 5.97 Å². The Morgan fingerprint density at radius 3 is 2.43 bits per heavy atom. The molecule has 0 aromatic heterocycles. The monoisotopic (exact) mass is 393 g/mol. The Labute approximate surface area is 169 Å². The highest BCUT2D eigenvalue weighted by molar-refractivity contribution is 5.67. The molecule has 5 N–H and O–H groups in total. The normalized spacial score (nSPS) is 54.4. The molecular weight excluding hydrogens is 354 g/mol. The lowest BCUT2D eigenvalue weighted by Gasteiger charge is -2.63. The number of aliphatic hydroxyl groups is 2. The van der Waals surface area contributed by atoms with Crippen LogP contribution in [0.3, 0.4) is 0 Å². The van der Waals surface area contributed by atoms with Crippen molar-refractivity contribution in [3.05, 3.63) is 0 Å². The fourth-order valence-corrected chi connectivity index (χ4v) is 8.57. The van der Waals surface area contributed by atoms with Gasteiger partial charge in [0.15, 0.2) is 0 Å². The molecule has 160 valence electrons. The summed E-state index contributed by atoms with van der Waals surface area (Å²) in [5, 5.41) is 30.8. The highest BCUT2D eigenvalue weighted by Crippen LogP contribution is 2.68. The van der Waals surface area contributed by atoms with Crippen LogP contribution in [0.1, 0.15) is 78.6 Å². The van der Waals surface area contributed by atoms with Crippen molar-refractivity contribution < 1.29 is 20.1 Å². The molecule has 0 heterocycles. The van der Waals surface area contributed by atoms with Crippen LogP contribution in [0.4, 0.5) is 0 Å². The van der Waals surface area contributed by atoms with Crippen molar-refractivity contribution in [2.75, 3.05) is 0 Å². The van der Waals surface area contributed by atoms with Gasteiger partial charge in [0.05, 0.1) is 12.2 Å². The zero-order chi connectivity index (χ0) is 20.5. The van der Waals surface area contributed by atoms with Gasteiger partial charge in [-0.05, 0) is 91.8 Å². The number of aliphatic hydroxyl groups excluding tert-OH is 2. The Hall–Kier alpha value is -0.650. The third-order valence-electron chi connectivity index (χ3n) is 10.3. The van der Waals surface area contributed by atoms with Crippen LogP contribution in [0.2, 0.25) is 0 Å². The smallest absolute Gasteiger partial charge is 0.303 e. The second-order valence-electron chi connectivity index (χ2n) is 11.3. The number of hydrogen-bond acceptors (Lipinski definition) is 4. The molecule has 28 heavy (non-hydrogen) atoms. The molecule has 5 nitrogen and oxygen atoms in total. The van der Waals surface area contributed by atoms with Crippen LogP contribution in [-0.4, -0.2) is 39.0 Å². The third-order valence-corrected chi connectivity index (χ3v) is 10.3. The Morgan fingerprint density at radius 2 is 1.75 bits per heavy atom. The molecule has 0 amide bonds. The second-order valence-corrected chi connectivity index (χ2v) is 11.3. The molecule has 0 spiro atoms. The lowest BCUT2D eigenvalue weighted by molar-refractivity contribution is -0.176. The van der Waals surface area contributed by atoms with Crippen molar-refractivity contribution in [1.82, 2.24) is 0 Å². The van der Waals surface area contributed by atoms with Gasteiger partial charge < -0.3 is 21.1 Å². The average Bonchev–Trinajstić information content (AvgIpc) is 2.89. The number of carboxylic acids is 1. The molecule has 0 aromatic carbocycles. The van der Waals surface area contributed by atoms with Gasteiger partial charge in [0, 0.05) is 12.0 Å². The highest BCUT2D eigenvalue weighted by atomic mass is 16.4. The fourth-order valence-electron chi connectivity index (χ4n) is 8.57. The molecule has 5 heteroatoms. The van der Waals surface area contributed by atoms with Crippen molar-refractivity contribution in [2.45, 2.75) is 96.3 Å². The van der Waals surface area contributed by atoms with Crippen molar-refractivity contribution in [2.24, 2.45) is 46.2 Å². The summed E-state index contributed by atoms with van der Waals surface area (Å²) < 4.78 is 0. The lowest BCUT2D eigenvalue weighted by atomic mass is 9.43. The first kappa shape index (κ1) is 20.6. The Bertz CT molecular complexity index is 640. The van der Waals surface area contributed by atoms with Gasteiger partial charge in [-0.3, -0.25) is 4.79 Å². The quantitative estimate of drug-likeness (QED) is 0.590. The molecule has 4 saturated carbocycles. The van der Waals surface area contributed by atoms with Crippen LogP contribution in [0.15, 0.2) is 0 Å². The van der Waals surface area contributed by atoms with Gasteiger partial charge in [0.25, 0.3) is 0 Å². The minimum atomic E-state index is -0.771. The van der Waals surface area contributed by atoms with Crippen molar-refractivity contribution in [3.8, 4) is 0 Å². The van der Waals surface area contributed by atoms with Gasteiger partial charge in [-0.2, -0.15) is 0 Å². The summed E-state index contributed by atoms with van der Waals surface area (Å²) in [4.78, 5) is 11.4. The molecule has 4 rings (SSSR count). The Morgan fingerprint density at radius 1 is 1.07 bits per heavy atom. The molecule has 4 aliphatic rings. The predicted octanol–water partition coefficient (Wildman–Crippen LogP) is 3.17. The van der Waals surface area contributed by atoms with E-state index in [2.05, 4.69) is 13.8 Å². The van der Waals surface area contributed by atoms with Crippen LogP contribution in [0.5, 0.6) is 0 Å². The maximum Gasteiger partial charge on any atom is 0.303 e. The van der Waals surface area contributed by atoms with E-state index in [9.17, 15) is 20.1 Å². The summed E-state index contributed by atoms with van der Waals surface area (Å²) in [5.74, 6) is 0.693. The first-order chi connectivity index (χ1) is 13.0. The van der Waals surface area contributed by atoms with E-state index in [1.807, 2.05) is 6.92 Å². The molecule has 0 aromatic rings. The number of rotatable bonds is 3. The first-order valence-corrected chi connectivity index (χ1v) is 11.4. The number of fused-ring (bicyclic) bond motifs is 5. The van der Waals surface area contributed by atoms with Crippen molar-refractivity contribution in [1.29, 1.82) is 0 Å². The van der Waals surface area contributed by atoms with E-state index in [-0.39, 0.29) is 41.3 Å². The first-order valence-electron chi connectivity index (χ1n) is 11.4. The molecule has 5 unspecified atom stereocenters. The summed E-state index contributed by atoms with van der Waals surface area (Å²) in [6.07, 6.45) is 7.09. The second kappa shape index (κ2) is 6.68. The summed E-state index contributed by atoms with van der Waals surface area (Å²) in [5.41, 5.74) is 6.64. The molecule has 10 atom stereocenters. The molecule has 4 aliphatic carbocycles. The van der Waals surface area contributed by atoms with Gasteiger partial charge in [0.2, 0.25) is 0 Å². The van der Waals surface area contributed by atoms with Gasteiger partial charge in [0.1, 0.15) is 0 Å². The van der Waals surface area contributed by atoms with E-state index in [0.717, 1.165) is 51.4 Å². The molecule has 0 bridgehead atoms. The van der Waals surface area contributed by atoms with Crippen LogP contribution in [-0.2, 0) is 4.79 Å². The van der Waals surface area contributed by atoms with Gasteiger partial charge in [-0.1, -0.05) is 20.8 Å². The minimum absolute atomic E-state index is 0.0644. The molecule has 0 radical (unpaired) electrons. The van der Waals surface area contributed by atoms with E-state index in [4.69, 9.17) is 5.73 Å². The zero-order valence-corrected chi connectivity index (χ0v) is 17.7. The SMILES string of the molecule is CC(CC(=O)O)C1(N)CCC2[C@H]3C(CC[C@@]21C)[C@@]1(C)CCC(O)C[C@H]1C[C@@H]3O. The minimum Gasteiger partial charge on any atom is -0.481 e. The van der Waals surface area contributed by atoms with E-state index >= 15 is 0 Å². The van der Waals surface area contributed by atoms with Crippen LogP contribution < -0.4 is 5.73 Å². The van der Waals surface area contributed by atoms with E-state index < -0.39 is 11.5 Å². The summed E-state index contributed by atoms with van der Waals surface area (Å²) in [6.45, 7) is 6.70. The standard InChI is InChI=1S/C23H39NO4/c1-13(10-19(27)28)23(24)9-6-17-20-16(5-8-22(17,23)3)21(2)7-4-15(25)11-14(21)12-18(20)26/h13-18,20,25-26H,4-12,24H2,1-3H3,(H,27,28)/t13?,14-,15?,16?,17?,18-,20+,21-,22-,23?/m0/s1. The fraction of sp³-hybridized carbons (Fsp3) is 0.957. The predicted molar refractivity (Wildman–Crippen MR) is 107 cm³/mol. The summed E-state index contributed by atoms with van der Waals surface area (Å²) >= 11 is 0. The van der Waals surface area contributed by atoms with E-state index in [0.29, 0.717) is 17.8 Å². The molecular formula is C23H39NO4. The zero-order valence-electron chi connectivity index (χ0n) is 17.7. The number of aliphatic carboxylic acids is 1. The van der Waals surface area contributed by atoms with E-state index in [1.165, 1.54) is 0 Å². The lowest BCUT2D eigenvalue weighted by Crippen LogP contribution is -2.64. The van der Waals surface area contributed by atoms with Crippen LogP contribution in [0, 0.1) is 40.4 Å². The molecule has 0 aliphatic heterocycles. The number of carbonyl (C=O) groups is 1. The maximum atomic E-state index is 11.4. The average molecular weight is 394 g/mol. The third kappa shape index (κ3) is 2.72. The molecule has 0 saturated heterocycles. The van der Waals surface area contributed by atoms with Gasteiger partial charge >= 0.3 is 5.97 Å². The Kier molecular flexibility index (Phi) is 4.92. The maximum absolute atomic E-state index is 11.4. The highest BCUT2D eigenvalue weighted by Gasteiger charge is 2.66. The number of hydrogen-bond donors (Lipinski definition) is 4. The number of nitrogens with two attached hydrogens (primary N) is 1. The van der Waals surface area contributed by atoms with Gasteiger partial charge in [-0.15, -0.1) is 0 Å². The molecule has 4 fully saturated rings. The van der Waals surface area contributed by atoms with Crippen LogP contribution >= 0.6 is 0 Å². The summed E-state index contributed by atoms with van der Waals surface area (Å²) in [7, 11) is 0.